The molecule has 0 saturated heterocycles. The summed E-state index contributed by atoms with van der Waals surface area (Å²) in [5.41, 5.74) is 0. The molecule has 0 saturated carbocycles. The first kappa shape index (κ1) is 15.2. The Hall–Kier alpha value is 0.140. The van der Waals surface area contributed by atoms with Gasteiger partial charge in [-0.25, -0.2) is 0 Å². The normalized spacial score (nSPS) is 26.2. The molecule has 1 rings (SSSR count). The van der Waals surface area contributed by atoms with Gasteiger partial charge in [0.05, 0.1) is 19.3 Å². The van der Waals surface area contributed by atoms with Crippen LogP contribution in [-0.2, 0) is 9.47 Å². The van der Waals surface area contributed by atoms with Crippen LogP contribution in [0.15, 0.2) is 10.6 Å². The van der Waals surface area contributed by atoms with Crippen molar-refractivity contribution >= 4 is 15.9 Å². The summed E-state index contributed by atoms with van der Waals surface area (Å²) in [5.74, 6) is 0. The molecular weight excluding hydrogens is 280 g/mol. The molecule has 17 heavy (non-hydrogen) atoms. The summed E-state index contributed by atoms with van der Waals surface area (Å²) in [6.07, 6.45) is 11.5. The molecule has 1 aliphatic carbocycles. The molecule has 100 valence electrons. The Balaban J connectivity index is 2.32. The van der Waals surface area contributed by atoms with E-state index in [-0.39, 0.29) is 6.10 Å². The van der Waals surface area contributed by atoms with Crippen LogP contribution >= 0.6 is 15.9 Å². The number of hydrogen-bond acceptors (Lipinski definition) is 2. The summed E-state index contributed by atoms with van der Waals surface area (Å²) >= 11 is 3.65. The van der Waals surface area contributed by atoms with E-state index in [0.29, 0.717) is 13.2 Å². The molecular formula is C14H25BrO2. The smallest absolute Gasteiger partial charge is 0.0767 e. The molecule has 1 aliphatic rings. The minimum atomic E-state index is 0.267. The maximum Gasteiger partial charge on any atom is 0.0767 e. The molecule has 0 aromatic carbocycles. The van der Waals surface area contributed by atoms with Crippen molar-refractivity contribution < 1.29 is 9.47 Å². The molecule has 0 N–H and O–H groups in total. The number of allylic oxidation sites excluding steroid dienone is 1. The van der Waals surface area contributed by atoms with Crippen LogP contribution in [0.5, 0.6) is 0 Å². The van der Waals surface area contributed by atoms with Gasteiger partial charge in [-0.1, -0.05) is 41.6 Å². The van der Waals surface area contributed by atoms with Crippen molar-refractivity contribution in [3.8, 4) is 0 Å². The van der Waals surface area contributed by atoms with Crippen LogP contribution in [0.3, 0.4) is 0 Å². The van der Waals surface area contributed by atoms with E-state index in [1.54, 1.807) is 0 Å². The first-order valence-corrected chi connectivity index (χ1v) is 7.67. The van der Waals surface area contributed by atoms with E-state index in [9.17, 15) is 0 Å². The zero-order valence-corrected chi connectivity index (χ0v) is 12.5. The Morgan fingerprint density at radius 1 is 1.18 bits per heavy atom. The van der Waals surface area contributed by atoms with Crippen molar-refractivity contribution in [2.24, 2.45) is 0 Å². The van der Waals surface area contributed by atoms with E-state index >= 15 is 0 Å². The van der Waals surface area contributed by atoms with E-state index in [4.69, 9.17) is 9.47 Å². The quantitative estimate of drug-likeness (QED) is 0.700. The Kier molecular flexibility index (Phi) is 9.03. The molecule has 0 aliphatic heterocycles. The third kappa shape index (κ3) is 7.96. The third-order valence-electron chi connectivity index (χ3n) is 3.03. The van der Waals surface area contributed by atoms with Crippen molar-refractivity contribution in [1.82, 2.24) is 0 Å². The van der Waals surface area contributed by atoms with Gasteiger partial charge in [0, 0.05) is 6.61 Å². The van der Waals surface area contributed by atoms with E-state index < -0.39 is 0 Å². The van der Waals surface area contributed by atoms with Crippen LogP contribution in [0.4, 0.5) is 0 Å². The minimum Gasteiger partial charge on any atom is -0.379 e. The highest BCUT2D eigenvalue weighted by molar-refractivity contribution is 9.11. The lowest BCUT2D eigenvalue weighted by Crippen LogP contribution is -2.15. The largest absolute Gasteiger partial charge is 0.379 e. The van der Waals surface area contributed by atoms with Crippen LogP contribution < -0.4 is 0 Å². The van der Waals surface area contributed by atoms with Gasteiger partial charge >= 0.3 is 0 Å². The summed E-state index contributed by atoms with van der Waals surface area (Å²) in [5, 5.41) is 0. The lowest BCUT2D eigenvalue weighted by molar-refractivity contribution is 0.0227. The van der Waals surface area contributed by atoms with E-state index in [1.807, 2.05) is 6.92 Å². The van der Waals surface area contributed by atoms with Crippen molar-refractivity contribution in [2.75, 3.05) is 19.8 Å². The predicted octanol–water partition coefficient (Wildman–Crippen LogP) is 4.43. The van der Waals surface area contributed by atoms with Gasteiger partial charge < -0.3 is 9.47 Å². The summed E-state index contributed by atoms with van der Waals surface area (Å²) in [7, 11) is 0. The van der Waals surface area contributed by atoms with Crippen molar-refractivity contribution in [3.63, 3.8) is 0 Å². The van der Waals surface area contributed by atoms with Crippen LogP contribution in [-0.4, -0.2) is 25.9 Å². The molecule has 1 atom stereocenters. The average molecular weight is 305 g/mol. The second kappa shape index (κ2) is 10.1. The van der Waals surface area contributed by atoms with Crippen LogP contribution in [0.2, 0.25) is 0 Å². The Bertz CT molecular complexity index is 216. The number of rotatable bonds is 5. The highest BCUT2D eigenvalue weighted by Gasteiger charge is 2.08. The fourth-order valence-electron chi connectivity index (χ4n) is 2.07. The van der Waals surface area contributed by atoms with Crippen molar-refractivity contribution in [2.45, 2.75) is 58.0 Å². The number of ether oxygens (including phenoxy) is 2. The van der Waals surface area contributed by atoms with Crippen LogP contribution in [0, 0.1) is 0 Å². The minimum absolute atomic E-state index is 0.267. The van der Waals surface area contributed by atoms with E-state index in [1.165, 1.54) is 36.6 Å². The standard InChI is InChI=1S/C14H25BrO2/c1-2-16-10-11-17-14-9-7-5-3-4-6-8-13(15)12-14/h12,14H,2-11H2,1H3/b13-12+. The molecule has 0 fully saturated rings. The van der Waals surface area contributed by atoms with Crippen molar-refractivity contribution in [3.05, 3.63) is 10.6 Å². The zero-order chi connectivity index (χ0) is 12.3. The zero-order valence-electron chi connectivity index (χ0n) is 10.9. The second-order valence-electron chi connectivity index (χ2n) is 4.53. The number of halogens is 1. The van der Waals surface area contributed by atoms with Crippen molar-refractivity contribution in [1.29, 1.82) is 0 Å². The first-order valence-electron chi connectivity index (χ1n) is 6.88. The Morgan fingerprint density at radius 2 is 1.94 bits per heavy atom. The summed E-state index contributed by atoms with van der Waals surface area (Å²) < 4.78 is 12.5. The molecule has 0 amide bonds. The Labute approximate surface area is 114 Å². The maximum atomic E-state index is 5.86. The van der Waals surface area contributed by atoms with Gasteiger partial charge in [-0.05, 0) is 36.7 Å². The fraction of sp³-hybridized carbons (Fsp3) is 0.857. The average Bonchev–Trinajstić information content (AvgIpc) is 2.33. The molecule has 0 heterocycles. The van der Waals surface area contributed by atoms with Gasteiger partial charge in [0.15, 0.2) is 0 Å². The van der Waals surface area contributed by atoms with E-state index in [2.05, 4.69) is 22.0 Å². The second-order valence-corrected chi connectivity index (χ2v) is 5.54. The van der Waals surface area contributed by atoms with Gasteiger partial charge in [0.2, 0.25) is 0 Å². The molecule has 2 nitrogen and oxygen atoms in total. The lowest BCUT2D eigenvalue weighted by Gasteiger charge is -2.16. The van der Waals surface area contributed by atoms with Gasteiger partial charge in [-0.2, -0.15) is 0 Å². The fourth-order valence-corrected chi connectivity index (χ4v) is 2.65. The molecule has 0 bridgehead atoms. The lowest BCUT2D eigenvalue weighted by atomic mass is 10.0. The highest BCUT2D eigenvalue weighted by atomic mass is 79.9. The Morgan fingerprint density at radius 3 is 2.76 bits per heavy atom. The van der Waals surface area contributed by atoms with Crippen LogP contribution in [0.1, 0.15) is 51.9 Å². The predicted molar refractivity (Wildman–Crippen MR) is 75.6 cm³/mol. The SMILES string of the molecule is CCOCCOC1/C=C(/Br)CCCCCCC1. The van der Waals surface area contributed by atoms with Gasteiger partial charge in [-0.15, -0.1) is 0 Å². The molecule has 0 spiro atoms. The molecule has 1 unspecified atom stereocenters. The molecule has 0 radical (unpaired) electrons. The van der Waals surface area contributed by atoms with Crippen LogP contribution in [0.25, 0.3) is 0 Å². The summed E-state index contributed by atoms with van der Waals surface area (Å²) in [6, 6.07) is 0. The molecule has 0 aromatic rings. The summed E-state index contributed by atoms with van der Waals surface area (Å²) in [6.45, 7) is 4.20. The number of hydrogen-bond donors (Lipinski definition) is 0. The van der Waals surface area contributed by atoms with Gasteiger partial charge in [-0.3, -0.25) is 0 Å². The third-order valence-corrected chi connectivity index (χ3v) is 3.70. The van der Waals surface area contributed by atoms with Gasteiger partial charge in [0.1, 0.15) is 0 Å². The topological polar surface area (TPSA) is 18.5 Å². The van der Waals surface area contributed by atoms with E-state index in [0.717, 1.165) is 19.4 Å². The molecule has 0 aromatic heterocycles. The maximum absolute atomic E-state index is 5.86. The highest BCUT2D eigenvalue weighted by Crippen LogP contribution is 2.22. The molecule has 3 heteroatoms. The first-order chi connectivity index (χ1) is 8.33. The summed E-state index contributed by atoms with van der Waals surface area (Å²) in [4.78, 5) is 0. The van der Waals surface area contributed by atoms with Gasteiger partial charge in [0.25, 0.3) is 0 Å². The monoisotopic (exact) mass is 304 g/mol.